The largest absolute Gasteiger partial charge is 0.444 e. The van der Waals surface area contributed by atoms with Crippen LogP contribution in [0.5, 0.6) is 0 Å². The van der Waals surface area contributed by atoms with Crippen molar-refractivity contribution in [1.29, 1.82) is 0 Å². The second kappa shape index (κ2) is 8.40. The standard InChI is InChI=1S/C23H40N2O3Si/c1-22(2,3)28-21(26)25(7)14-16-10-11-19-17(12-16)13-18(20(19)24)15-27-29(8,9)23(4,5)6/h10-12,18,20H,13-15,24H2,1-9H3/t18-,20-/m1/s1. The molecule has 29 heavy (non-hydrogen) atoms. The molecule has 0 bridgehead atoms. The molecule has 1 aliphatic carbocycles. The van der Waals surface area contributed by atoms with Crippen LogP contribution in [-0.4, -0.2) is 38.6 Å². The van der Waals surface area contributed by atoms with E-state index in [1.54, 1.807) is 11.9 Å². The molecule has 0 radical (unpaired) electrons. The van der Waals surface area contributed by atoms with Gasteiger partial charge in [0.25, 0.3) is 0 Å². The zero-order chi connectivity index (χ0) is 22.2. The number of rotatable bonds is 5. The summed E-state index contributed by atoms with van der Waals surface area (Å²) in [5.41, 5.74) is 9.63. The monoisotopic (exact) mass is 420 g/mol. The number of ether oxygens (including phenoxy) is 1. The van der Waals surface area contributed by atoms with Crippen LogP contribution in [0.25, 0.3) is 0 Å². The molecule has 2 N–H and O–H groups in total. The normalized spacial score (nSPS) is 19.8. The fourth-order valence-electron chi connectivity index (χ4n) is 3.30. The summed E-state index contributed by atoms with van der Waals surface area (Å²) in [6.45, 7) is 18.2. The van der Waals surface area contributed by atoms with E-state index < -0.39 is 13.9 Å². The van der Waals surface area contributed by atoms with Crippen molar-refractivity contribution in [2.24, 2.45) is 11.7 Å². The van der Waals surface area contributed by atoms with Crippen molar-refractivity contribution < 1.29 is 14.0 Å². The third kappa shape index (κ3) is 6.06. The molecule has 2 atom stereocenters. The van der Waals surface area contributed by atoms with Gasteiger partial charge in [0.1, 0.15) is 5.60 Å². The molecule has 0 fully saturated rings. The number of hydrogen-bond acceptors (Lipinski definition) is 4. The third-order valence-electron chi connectivity index (χ3n) is 6.15. The number of carbonyl (C=O) groups is 1. The van der Waals surface area contributed by atoms with Crippen LogP contribution < -0.4 is 5.73 Å². The summed E-state index contributed by atoms with van der Waals surface area (Å²) in [6.07, 6.45) is 0.616. The van der Waals surface area contributed by atoms with Gasteiger partial charge in [0.2, 0.25) is 0 Å². The Labute approximate surface area is 178 Å². The molecule has 0 saturated heterocycles. The first-order valence-electron chi connectivity index (χ1n) is 10.6. The van der Waals surface area contributed by atoms with E-state index in [2.05, 4.69) is 52.1 Å². The lowest BCUT2D eigenvalue weighted by Gasteiger charge is -2.37. The number of amides is 1. The van der Waals surface area contributed by atoms with Crippen molar-refractivity contribution in [2.75, 3.05) is 13.7 Å². The minimum absolute atomic E-state index is 0.00686. The van der Waals surface area contributed by atoms with Gasteiger partial charge in [0.05, 0.1) is 0 Å². The second-order valence-electron chi connectivity index (χ2n) is 10.9. The molecule has 0 saturated carbocycles. The summed E-state index contributed by atoms with van der Waals surface area (Å²) in [5, 5.41) is 0.196. The number of benzene rings is 1. The molecule has 0 aliphatic heterocycles. The van der Waals surface area contributed by atoms with Crippen LogP contribution in [0.2, 0.25) is 18.1 Å². The molecule has 0 aromatic heterocycles. The molecule has 5 nitrogen and oxygen atoms in total. The van der Waals surface area contributed by atoms with Crippen molar-refractivity contribution in [3.63, 3.8) is 0 Å². The highest BCUT2D eigenvalue weighted by Gasteiger charge is 2.39. The first-order chi connectivity index (χ1) is 13.1. The number of nitrogens with two attached hydrogens (primary N) is 1. The molecule has 1 aromatic rings. The summed E-state index contributed by atoms with van der Waals surface area (Å²) in [4.78, 5) is 13.8. The molecule has 0 unspecified atom stereocenters. The summed E-state index contributed by atoms with van der Waals surface area (Å²) in [7, 11) is -0.0173. The Morgan fingerprint density at radius 2 is 1.83 bits per heavy atom. The van der Waals surface area contributed by atoms with Gasteiger partial charge in [0, 0.05) is 32.2 Å². The topological polar surface area (TPSA) is 64.8 Å². The van der Waals surface area contributed by atoms with Crippen LogP contribution in [0.3, 0.4) is 0 Å². The number of hydrogen-bond donors (Lipinski definition) is 1. The second-order valence-corrected chi connectivity index (χ2v) is 15.7. The first kappa shape index (κ1) is 23.9. The Bertz CT molecular complexity index is 735. The minimum atomic E-state index is -1.78. The van der Waals surface area contributed by atoms with Crippen molar-refractivity contribution in [1.82, 2.24) is 4.90 Å². The lowest BCUT2D eigenvalue weighted by molar-refractivity contribution is 0.0285. The maximum Gasteiger partial charge on any atom is 0.410 e. The highest BCUT2D eigenvalue weighted by molar-refractivity contribution is 6.74. The summed E-state index contributed by atoms with van der Waals surface area (Å²) >= 11 is 0. The first-order valence-corrected chi connectivity index (χ1v) is 13.5. The van der Waals surface area contributed by atoms with Gasteiger partial charge in [-0.3, -0.25) is 0 Å². The highest BCUT2D eigenvalue weighted by Crippen LogP contribution is 2.40. The van der Waals surface area contributed by atoms with E-state index in [9.17, 15) is 4.79 Å². The van der Waals surface area contributed by atoms with Gasteiger partial charge in [-0.1, -0.05) is 39.0 Å². The predicted octanol–water partition coefficient (Wildman–Crippen LogP) is 5.25. The fourth-order valence-corrected chi connectivity index (χ4v) is 4.36. The van der Waals surface area contributed by atoms with E-state index in [1.165, 1.54) is 11.1 Å². The maximum atomic E-state index is 12.2. The van der Waals surface area contributed by atoms with Crippen molar-refractivity contribution in [3.8, 4) is 0 Å². The molecule has 1 aliphatic rings. The quantitative estimate of drug-likeness (QED) is 0.661. The van der Waals surface area contributed by atoms with Crippen LogP contribution in [0.1, 0.15) is 64.3 Å². The van der Waals surface area contributed by atoms with Gasteiger partial charge in [-0.05, 0) is 62.0 Å². The summed E-state index contributed by atoms with van der Waals surface area (Å²) in [6, 6.07) is 6.37. The number of fused-ring (bicyclic) bond motifs is 1. The molecule has 1 aromatic carbocycles. The molecule has 6 heteroatoms. The lowest BCUT2D eigenvalue weighted by atomic mass is 10.0. The lowest BCUT2D eigenvalue weighted by Crippen LogP contribution is -2.42. The van der Waals surface area contributed by atoms with E-state index in [0.717, 1.165) is 12.0 Å². The van der Waals surface area contributed by atoms with Crippen LogP contribution in [0.15, 0.2) is 18.2 Å². The summed E-state index contributed by atoms with van der Waals surface area (Å²) < 4.78 is 11.9. The van der Waals surface area contributed by atoms with Crippen molar-refractivity contribution in [3.05, 3.63) is 34.9 Å². The molecule has 1 amide bonds. The zero-order valence-electron chi connectivity index (χ0n) is 19.8. The highest BCUT2D eigenvalue weighted by atomic mass is 28.4. The zero-order valence-corrected chi connectivity index (χ0v) is 20.8. The Kier molecular flexibility index (Phi) is 6.92. The minimum Gasteiger partial charge on any atom is -0.444 e. The van der Waals surface area contributed by atoms with E-state index in [1.807, 2.05) is 20.8 Å². The SMILES string of the molecule is CN(Cc1ccc2c(c1)C[C@H](CO[Si](C)(C)C(C)(C)C)[C@H]2N)C(=O)OC(C)(C)C. The number of nitrogens with zero attached hydrogens (tertiary/aromatic N) is 1. The van der Waals surface area contributed by atoms with Crippen LogP contribution in [0.4, 0.5) is 4.79 Å². The Morgan fingerprint density at radius 1 is 1.21 bits per heavy atom. The molecule has 164 valence electrons. The van der Waals surface area contributed by atoms with E-state index in [4.69, 9.17) is 14.9 Å². The van der Waals surface area contributed by atoms with Gasteiger partial charge in [-0.25, -0.2) is 4.79 Å². The Hall–Kier alpha value is -1.37. The molecule has 2 rings (SSSR count). The van der Waals surface area contributed by atoms with Crippen molar-refractivity contribution >= 4 is 14.4 Å². The van der Waals surface area contributed by atoms with Gasteiger partial charge < -0.3 is 19.8 Å². The molecular weight excluding hydrogens is 380 g/mol. The van der Waals surface area contributed by atoms with Crippen LogP contribution in [-0.2, 0) is 22.1 Å². The van der Waals surface area contributed by atoms with Crippen LogP contribution >= 0.6 is 0 Å². The Morgan fingerprint density at radius 3 is 2.38 bits per heavy atom. The molecule has 0 spiro atoms. The Balaban J connectivity index is 2.02. The van der Waals surface area contributed by atoms with Gasteiger partial charge in [0.15, 0.2) is 8.32 Å². The maximum absolute atomic E-state index is 12.2. The summed E-state index contributed by atoms with van der Waals surface area (Å²) in [5.74, 6) is 0.304. The van der Waals surface area contributed by atoms with Gasteiger partial charge in [-0.15, -0.1) is 0 Å². The average Bonchev–Trinajstić information content (AvgIpc) is 2.86. The fraction of sp³-hybridized carbons (Fsp3) is 0.696. The van der Waals surface area contributed by atoms with Gasteiger partial charge in [-0.2, -0.15) is 0 Å². The number of carbonyl (C=O) groups excluding carboxylic acids is 1. The van der Waals surface area contributed by atoms with E-state index >= 15 is 0 Å². The van der Waals surface area contributed by atoms with Crippen molar-refractivity contribution in [2.45, 2.75) is 84.3 Å². The molecular formula is C23H40N2O3Si. The average molecular weight is 421 g/mol. The smallest absolute Gasteiger partial charge is 0.410 e. The predicted molar refractivity (Wildman–Crippen MR) is 121 cm³/mol. The van der Waals surface area contributed by atoms with Crippen LogP contribution in [0, 0.1) is 5.92 Å². The van der Waals surface area contributed by atoms with Gasteiger partial charge >= 0.3 is 6.09 Å². The van der Waals surface area contributed by atoms with E-state index in [-0.39, 0.29) is 17.2 Å². The molecule has 0 heterocycles. The third-order valence-corrected chi connectivity index (χ3v) is 10.6. The van der Waals surface area contributed by atoms with E-state index in [0.29, 0.717) is 19.1 Å².